The van der Waals surface area contributed by atoms with E-state index in [9.17, 15) is 9.18 Å². The van der Waals surface area contributed by atoms with Crippen molar-refractivity contribution in [2.45, 2.75) is 6.92 Å². The number of carbonyl (C=O) groups is 1. The van der Waals surface area contributed by atoms with Crippen LogP contribution in [0.2, 0.25) is 0 Å². The first kappa shape index (κ1) is 11.8. The van der Waals surface area contributed by atoms with Crippen molar-refractivity contribution in [2.75, 3.05) is 6.54 Å². The molecule has 0 atom stereocenters. The SMILES string of the molecule is CC(=O)NCC=Cc1cc(Br)ncc1F. The van der Waals surface area contributed by atoms with Crippen molar-refractivity contribution in [1.82, 2.24) is 10.3 Å². The van der Waals surface area contributed by atoms with Crippen molar-refractivity contribution < 1.29 is 9.18 Å². The number of halogens is 2. The first-order chi connectivity index (χ1) is 7.09. The Morgan fingerprint density at radius 3 is 3.13 bits per heavy atom. The number of aromatic nitrogens is 1. The van der Waals surface area contributed by atoms with Gasteiger partial charge in [-0.2, -0.15) is 0 Å². The van der Waals surface area contributed by atoms with Crippen LogP contribution in [0.3, 0.4) is 0 Å². The average molecular weight is 273 g/mol. The van der Waals surface area contributed by atoms with Crippen molar-refractivity contribution in [3.8, 4) is 0 Å². The molecule has 0 aliphatic heterocycles. The van der Waals surface area contributed by atoms with Crippen LogP contribution >= 0.6 is 15.9 Å². The molecule has 0 spiro atoms. The molecule has 5 heteroatoms. The third-order valence-corrected chi connectivity index (χ3v) is 2.05. The molecule has 0 fully saturated rings. The Hall–Kier alpha value is -1.23. The third kappa shape index (κ3) is 4.20. The number of rotatable bonds is 3. The van der Waals surface area contributed by atoms with Gasteiger partial charge in [-0.1, -0.05) is 12.2 Å². The summed E-state index contributed by atoms with van der Waals surface area (Å²) in [5, 5.41) is 2.57. The molecule has 0 unspecified atom stereocenters. The molecule has 1 aromatic heterocycles. The summed E-state index contributed by atoms with van der Waals surface area (Å²) in [4.78, 5) is 14.3. The van der Waals surface area contributed by atoms with Crippen LogP contribution in [0.15, 0.2) is 22.9 Å². The molecule has 3 nitrogen and oxygen atoms in total. The van der Waals surface area contributed by atoms with Crippen molar-refractivity contribution in [2.24, 2.45) is 0 Å². The van der Waals surface area contributed by atoms with Crippen LogP contribution in [-0.4, -0.2) is 17.4 Å². The maximum Gasteiger partial charge on any atom is 0.217 e. The van der Waals surface area contributed by atoms with Crippen molar-refractivity contribution in [1.29, 1.82) is 0 Å². The van der Waals surface area contributed by atoms with Gasteiger partial charge in [0.25, 0.3) is 0 Å². The van der Waals surface area contributed by atoms with Gasteiger partial charge in [-0.05, 0) is 22.0 Å². The molecule has 0 aliphatic rings. The van der Waals surface area contributed by atoms with Gasteiger partial charge in [0.15, 0.2) is 0 Å². The van der Waals surface area contributed by atoms with Crippen LogP contribution in [0.5, 0.6) is 0 Å². The monoisotopic (exact) mass is 272 g/mol. The van der Waals surface area contributed by atoms with Crippen LogP contribution in [0.25, 0.3) is 6.08 Å². The molecule has 0 aromatic carbocycles. The Bertz CT molecular complexity index is 393. The third-order valence-electron chi connectivity index (χ3n) is 1.62. The van der Waals surface area contributed by atoms with Gasteiger partial charge in [-0.15, -0.1) is 0 Å². The lowest BCUT2D eigenvalue weighted by Gasteiger charge is -1.98. The van der Waals surface area contributed by atoms with E-state index in [4.69, 9.17) is 0 Å². The fourth-order valence-electron chi connectivity index (χ4n) is 0.944. The minimum absolute atomic E-state index is 0.115. The molecule has 0 saturated carbocycles. The Morgan fingerprint density at radius 2 is 2.47 bits per heavy atom. The van der Waals surface area contributed by atoms with Crippen LogP contribution in [0.1, 0.15) is 12.5 Å². The number of amides is 1. The van der Waals surface area contributed by atoms with Gasteiger partial charge in [0.1, 0.15) is 10.4 Å². The summed E-state index contributed by atoms with van der Waals surface area (Å²) >= 11 is 3.15. The minimum Gasteiger partial charge on any atom is -0.353 e. The van der Waals surface area contributed by atoms with Gasteiger partial charge < -0.3 is 5.32 Å². The number of hydrogen-bond donors (Lipinski definition) is 1. The topological polar surface area (TPSA) is 42.0 Å². The Labute approximate surface area is 95.5 Å². The van der Waals surface area contributed by atoms with Crippen LogP contribution < -0.4 is 5.32 Å². The lowest BCUT2D eigenvalue weighted by atomic mass is 10.2. The number of nitrogens with zero attached hydrogens (tertiary/aromatic N) is 1. The van der Waals surface area contributed by atoms with Gasteiger partial charge in [-0.25, -0.2) is 9.37 Å². The fraction of sp³-hybridized carbons (Fsp3) is 0.200. The molecule has 1 amide bonds. The number of carbonyl (C=O) groups excluding carboxylic acids is 1. The van der Waals surface area contributed by atoms with E-state index in [0.29, 0.717) is 16.7 Å². The summed E-state index contributed by atoms with van der Waals surface area (Å²) in [6.07, 6.45) is 4.41. The van der Waals surface area contributed by atoms with Gasteiger partial charge in [-0.3, -0.25) is 4.79 Å². The highest BCUT2D eigenvalue weighted by Crippen LogP contribution is 2.13. The Balaban J connectivity index is 2.63. The molecular formula is C10H10BrFN2O. The zero-order valence-electron chi connectivity index (χ0n) is 8.13. The van der Waals surface area contributed by atoms with Crippen LogP contribution in [0, 0.1) is 5.82 Å². The molecule has 80 valence electrons. The summed E-state index contributed by atoms with van der Waals surface area (Å²) in [6, 6.07) is 1.57. The summed E-state index contributed by atoms with van der Waals surface area (Å²) in [7, 11) is 0. The molecule has 15 heavy (non-hydrogen) atoms. The lowest BCUT2D eigenvalue weighted by Crippen LogP contribution is -2.19. The summed E-state index contributed by atoms with van der Waals surface area (Å²) in [5.74, 6) is -0.506. The largest absolute Gasteiger partial charge is 0.353 e. The van der Waals surface area contributed by atoms with E-state index in [0.717, 1.165) is 6.20 Å². The zero-order chi connectivity index (χ0) is 11.3. The molecule has 1 rings (SSSR count). The highest BCUT2D eigenvalue weighted by molar-refractivity contribution is 9.10. The van der Waals surface area contributed by atoms with E-state index < -0.39 is 5.82 Å². The minimum atomic E-state index is -0.391. The lowest BCUT2D eigenvalue weighted by molar-refractivity contribution is -0.118. The van der Waals surface area contributed by atoms with Gasteiger partial charge in [0.2, 0.25) is 5.91 Å². The number of hydrogen-bond acceptors (Lipinski definition) is 2. The van der Waals surface area contributed by atoms with Crippen molar-refractivity contribution in [3.05, 3.63) is 34.3 Å². The van der Waals surface area contributed by atoms with Crippen molar-refractivity contribution in [3.63, 3.8) is 0 Å². The second-order valence-corrected chi connectivity index (χ2v) is 3.68. The molecular weight excluding hydrogens is 263 g/mol. The van der Waals surface area contributed by atoms with Crippen molar-refractivity contribution >= 4 is 27.9 Å². The molecule has 0 bridgehead atoms. The summed E-state index contributed by atoms with van der Waals surface area (Å²) in [5.41, 5.74) is 0.433. The summed E-state index contributed by atoms with van der Waals surface area (Å²) in [6.45, 7) is 1.81. The maximum atomic E-state index is 13.1. The predicted molar refractivity (Wildman–Crippen MR) is 59.6 cm³/mol. The Kier molecular flexibility index (Phi) is 4.42. The smallest absolute Gasteiger partial charge is 0.217 e. The highest BCUT2D eigenvalue weighted by atomic mass is 79.9. The Morgan fingerprint density at radius 1 is 1.73 bits per heavy atom. The predicted octanol–water partition coefficient (Wildman–Crippen LogP) is 2.13. The molecule has 0 aliphatic carbocycles. The van der Waals surface area contributed by atoms with E-state index in [1.807, 2.05) is 0 Å². The molecule has 0 radical (unpaired) electrons. The number of pyridine rings is 1. The second-order valence-electron chi connectivity index (χ2n) is 2.87. The quantitative estimate of drug-likeness (QED) is 0.857. The van der Waals surface area contributed by atoms with Gasteiger partial charge in [0, 0.05) is 19.0 Å². The van der Waals surface area contributed by atoms with Gasteiger partial charge >= 0.3 is 0 Å². The molecule has 1 aromatic rings. The van der Waals surface area contributed by atoms with E-state index in [1.54, 1.807) is 18.2 Å². The van der Waals surface area contributed by atoms with Crippen LogP contribution in [-0.2, 0) is 4.79 Å². The van der Waals surface area contributed by atoms with E-state index >= 15 is 0 Å². The van der Waals surface area contributed by atoms with E-state index in [2.05, 4.69) is 26.2 Å². The standard InChI is InChI=1S/C10H10BrFN2O/c1-7(15)13-4-2-3-8-5-10(11)14-6-9(8)12/h2-3,5-6H,4H2,1H3,(H,13,15). The van der Waals surface area contributed by atoms with Gasteiger partial charge in [0.05, 0.1) is 6.20 Å². The zero-order valence-corrected chi connectivity index (χ0v) is 9.71. The van der Waals surface area contributed by atoms with Crippen LogP contribution in [0.4, 0.5) is 4.39 Å². The average Bonchev–Trinajstić information content (AvgIpc) is 2.17. The van der Waals surface area contributed by atoms with E-state index in [1.165, 1.54) is 6.92 Å². The van der Waals surface area contributed by atoms with E-state index in [-0.39, 0.29) is 5.91 Å². The molecule has 1 N–H and O–H groups in total. The normalized spacial score (nSPS) is 10.6. The fourth-order valence-corrected chi connectivity index (χ4v) is 1.29. The summed E-state index contributed by atoms with van der Waals surface area (Å²) < 4.78 is 13.7. The second kappa shape index (κ2) is 5.60. The highest BCUT2D eigenvalue weighted by Gasteiger charge is 1.99. The molecule has 1 heterocycles. The first-order valence-electron chi connectivity index (χ1n) is 4.31. The maximum absolute atomic E-state index is 13.1. The number of nitrogens with one attached hydrogen (secondary N) is 1. The molecule has 0 saturated heterocycles. The first-order valence-corrected chi connectivity index (χ1v) is 5.11.